The molecule has 1 aliphatic heterocycles. The Hall–Kier alpha value is -2.54. The molecule has 0 atom stereocenters. The van der Waals surface area contributed by atoms with Crippen molar-refractivity contribution < 1.29 is 4.52 Å². The Morgan fingerprint density at radius 2 is 1.92 bits per heavy atom. The summed E-state index contributed by atoms with van der Waals surface area (Å²) in [5.74, 6) is 2.05. The molecule has 0 bridgehead atoms. The number of benzene rings is 1. The molecule has 0 unspecified atom stereocenters. The lowest BCUT2D eigenvalue weighted by atomic mass is 9.94. The molecule has 3 aromatic rings. The minimum atomic E-state index is 0.511. The smallest absolute Gasteiger partial charge is 0.232 e. The molecule has 1 aromatic carbocycles. The quantitative estimate of drug-likeness (QED) is 0.759. The molecule has 7 heteroatoms. The van der Waals surface area contributed by atoms with E-state index in [9.17, 15) is 0 Å². The minimum absolute atomic E-state index is 0.511. The summed E-state index contributed by atoms with van der Waals surface area (Å²) >= 11 is 0. The van der Waals surface area contributed by atoms with E-state index >= 15 is 0 Å². The Balaban J connectivity index is 1.45. The maximum atomic E-state index is 5.44. The molecule has 0 aliphatic carbocycles. The van der Waals surface area contributed by atoms with Crippen LogP contribution >= 0.6 is 0 Å². The number of rotatable bonds is 5. The van der Waals surface area contributed by atoms with Crippen LogP contribution in [0.15, 0.2) is 28.8 Å². The van der Waals surface area contributed by atoms with Crippen LogP contribution in [0.25, 0.3) is 5.69 Å². The molecule has 136 valence electrons. The van der Waals surface area contributed by atoms with E-state index < -0.39 is 0 Å². The molecule has 0 spiro atoms. The molecule has 1 N–H and O–H groups in total. The summed E-state index contributed by atoms with van der Waals surface area (Å²) in [6.45, 7) is 6.25. The predicted molar refractivity (Wildman–Crippen MR) is 97.2 cm³/mol. The van der Waals surface area contributed by atoms with Crippen LogP contribution in [0.5, 0.6) is 0 Å². The van der Waals surface area contributed by atoms with Crippen molar-refractivity contribution in [3.63, 3.8) is 0 Å². The molecule has 1 saturated heterocycles. The molecule has 1 fully saturated rings. The van der Waals surface area contributed by atoms with Crippen molar-refractivity contribution in [2.45, 2.75) is 39.5 Å². The summed E-state index contributed by atoms with van der Waals surface area (Å²) in [5.41, 5.74) is 4.08. The van der Waals surface area contributed by atoms with Crippen LogP contribution in [0.2, 0.25) is 0 Å². The zero-order chi connectivity index (χ0) is 17.9. The van der Waals surface area contributed by atoms with Gasteiger partial charge in [-0.1, -0.05) is 28.1 Å². The van der Waals surface area contributed by atoms with E-state index in [1.54, 1.807) is 0 Å². The Morgan fingerprint density at radius 1 is 1.15 bits per heavy atom. The van der Waals surface area contributed by atoms with E-state index in [0.717, 1.165) is 42.4 Å². The highest BCUT2D eigenvalue weighted by molar-refractivity contribution is 5.35. The first-order valence-corrected chi connectivity index (χ1v) is 9.19. The fourth-order valence-corrected chi connectivity index (χ4v) is 3.39. The molecule has 7 nitrogen and oxygen atoms in total. The van der Waals surface area contributed by atoms with Crippen molar-refractivity contribution in [2.75, 3.05) is 13.1 Å². The lowest BCUT2D eigenvalue weighted by Crippen LogP contribution is -2.28. The Labute approximate surface area is 152 Å². The summed E-state index contributed by atoms with van der Waals surface area (Å²) in [6.07, 6.45) is 3.75. The predicted octanol–water partition coefficient (Wildman–Crippen LogP) is 2.40. The van der Waals surface area contributed by atoms with Gasteiger partial charge in [0.05, 0.1) is 23.5 Å². The highest BCUT2D eigenvalue weighted by Crippen LogP contribution is 2.18. The maximum Gasteiger partial charge on any atom is 0.232 e. The van der Waals surface area contributed by atoms with Crippen molar-refractivity contribution >= 4 is 0 Å². The standard InChI is InChI=1S/C19H24N6O/c1-13-3-5-16(6-4-13)25-14(2)17(22-24-25)12-19-21-18(23-26-19)11-15-7-9-20-10-8-15/h3-6,15,20H,7-12H2,1-2H3. The SMILES string of the molecule is Cc1ccc(-n2nnc(Cc3nc(CC4CCNCC4)no3)c2C)cc1. The molecular formula is C19H24N6O. The first-order valence-electron chi connectivity index (χ1n) is 9.19. The summed E-state index contributed by atoms with van der Waals surface area (Å²) in [7, 11) is 0. The summed E-state index contributed by atoms with van der Waals surface area (Å²) in [5, 5.41) is 16.1. The van der Waals surface area contributed by atoms with Gasteiger partial charge in [-0.25, -0.2) is 4.68 Å². The number of aromatic nitrogens is 5. The average Bonchev–Trinajstić information content (AvgIpc) is 3.24. The number of hydrogen-bond acceptors (Lipinski definition) is 6. The van der Waals surface area contributed by atoms with Crippen molar-refractivity contribution in [1.82, 2.24) is 30.5 Å². The summed E-state index contributed by atoms with van der Waals surface area (Å²) < 4.78 is 7.29. The Kier molecular flexibility index (Phi) is 4.79. The molecule has 0 saturated carbocycles. The first kappa shape index (κ1) is 16.9. The molecule has 0 amide bonds. The van der Waals surface area contributed by atoms with E-state index in [4.69, 9.17) is 4.52 Å². The van der Waals surface area contributed by atoms with Crippen LogP contribution in [-0.2, 0) is 12.8 Å². The van der Waals surface area contributed by atoms with Gasteiger partial charge in [0.25, 0.3) is 0 Å². The fraction of sp³-hybridized carbons (Fsp3) is 0.474. The van der Waals surface area contributed by atoms with Gasteiger partial charge in [0.15, 0.2) is 5.82 Å². The van der Waals surface area contributed by atoms with E-state index in [1.807, 2.05) is 23.7 Å². The highest BCUT2D eigenvalue weighted by atomic mass is 16.5. The van der Waals surface area contributed by atoms with Crippen LogP contribution in [0.4, 0.5) is 0 Å². The van der Waals surface area contributed by atoms with Gasteiger partial charge in [0.2, 0.25) is 5.89 Å². The molecule has 26 heavy (non-hydrogen) atoms. The van der Waals surface area contributed by atoms with Crippen LogP contribution in [0.3, 0.4) is 0 Å². The van der Waals surface area contributed by atoms with Crippen molar-refractivity contribution in [3.8, 4) is 5.69 Å². The molecule has 2 aromatic heterocycles. The van der Waals surface area contributed by atoms with Gasteiger partial charge in [0.1, 0.15) is 0 Å². The lowest BCUT2D eigenvalue weighted by Gasteiger charge is -2.20. The van der Waals surface area contributed by atoms with Crippen molar-refractivity contribution in [3.05, 3.63) is 52.9 Å². The second kappa shape index (κ2) is 7.37. The monoisotopic (exact) mass is 352 g/mol. The number of nitrogens with one attached hydrogen (secondary N) is 1. The number of aryl methyl sites for hydroxylation is 1. The second-order valence-electron chi connectivity index (χ2n) is 7.05. The van der Waals surface area contributed by atoms with Gasteiger partial charge in [-0.2, -0.15) is 4.98 Å². The number of piperidine rings is 1. The third kappa shape index (κ3) is 3.67. The van der Waals surface area contributed by atoms with Crippen LogP contribution in [-0.4, -0.2) is 38.2 Å². The van der Waals surface area contributed by atoms with E-state index in [2.05, 4.69) is 44.8 Å². The molecular weight excluding hydrogens is 328 g/mol. The van der Waals surface area contributed by atoms with Gasteiger partial charge < -0.3 is 9.84 Å². The van der Waals surface area contributed by atoms with E-state index in [1.165, 1.54) is 18.4 Å². The van der Waals surface area contributed by atoms with Gasteiger partial charge in [-0.15, -0.1) is 5.10 Å². The van der Waals surface area contributed by atoms with Crippen molar-refractivity contribution in [2.24, 2.45) is 5.92 Å². The second-order valence-corrected chi connectivity index (χ2v) is 7.05. The van der Waals surface area contributed by atoms with Crippen LogP contribution in [0.1, 0.15) is 41.5 Å². The number of nitrogens with zero attached hydrogens (tertiary/aromatic N) is 5. The van der Waals surface area contributed by atoms with Gasteiger partial charge in [-0.3, -0.25) is 0 Å². The Morgan fingerprint density at radius 3 is 2.69 bits per heavy atom. The first-order chi connectivity index (χ1) is 12.7. The topological polar surface area (TPSA) is 81.7 Å². The minimum Gasteiger partial charge on any atom is -0.339 e. The average molecular weight is 352 g/mol. The van der Waals surface area contributed by atoms with Crippen LogP contribution < -0.4 is 5.32 Å². The van der Waals surface area contributed by atoms with Gasteiger partial charge >= 0.3 is 0 Å². The molecule has 0 radical (unpaired) electrons. The van der Waals surface area contributed by atoms with Crippen LogP contribution in [0, 0.1) is 19.8 Å². The fourth-order valence-electron chi connectivity index (χ4n) is 3.39. The lowest BCUT2D eigenvalue weighted by molar-refractivity contribution is 0.349. The maximum absolute atomic E-state index is 5.44. The zero-order valence-electron chi connectivity index (χ0n) is 15.3. The normalized spacial score (nSPS) is 15.5. The third-order valence-corrected chi connectivity index (χ3v) is 5.03. The van der Waals surface area contributed by atoms with E-state index in [-0.39, 0.29) is 0 Å². The largest absolute Gasteiger partial charge is 0.339 e. The third-order valence-electron chi connectivity index (χ3n) is 5.03. The molecule has 3 heterocycles. The summed E-state index contributed by atoms with van der Waals surface area (Å²) in [4.78, 5) is 4.56. The zero-order valence-corrected chi connectivity index (χ0v) is 15.3. The highest BCUT2D eigenvalue weighted by Gasteiger charge is 2.18. The van der Waals surface area contributed by atoms with Gasteiger partial charge in [0, 0.05) is 6.42 Å². The van der Waals surface area contributed by atoms with Crippen molar-refractivity contribution in [1.29, 1.82) is 0 Å². The Bertz CT molecular complexity index is 861. The number of hydrogen-bond donors (Lipinski definition) is 1. The molecule has 4 rings (SSSR count). The summed E-state index contributed by atoms with van der Waals surface area (Å²) in [6, 6.07) is 8.23. The van der Waals surface area contributed by atoms with E-state index in [0.29, 0.717) is 18.2 Å². The molecule has 1 aliphatic rings. The van der Waals surface area contributed by atoms with Gasteiger partial charge in [-0.05, 0) is 57.8 Å².